The largest absolute Gasteiger partial charge is 0.320 e. The van der Waals surface area contributed by atoms with Crippen molar-refractivity contribution in [3.8, 4) is 0 Å². The van der Waals surface area contributed by atoms with Crippen molar-refractivity contribution in [3.63, 3.8) is 0 Å². The highest BCUT2D eigenvalue weighted by Crippen LogP contribution is 2.12. The Morgan fingerprint density at radius 1 is 1.14 bits per heavy atom. The van der Waals surface area contributed by atoms with Crippen LogP contribution in [0.4, 0.5) is 0 Å². The first-order valence-electron chi connectivity index (χ1n) is 6.66. The number of rotatable bonds is 2. The molecule has 6 heteroatoms. The van der Waals surface area contributed by atoms with Gasteiger partial charge in [0.05, 0.1) is 6.33 Å². The Morgan fingerprint density at radius 2 is 1.95 bits per heavy atom. The van der Waals surface area contributed by atoms with Gasteiger partial charge in [0.1, 0.15) is 0 Å². The topological polar surface area (TPSA) is 57.1 Å². The zero-order chi connectivity index (χ0) is 14.4. The van der Waals surface area contributed by atoms with Gasteiger partial charge in [0, 0.05) is 26.0 Å². The minimum absolute atomic E-state index is 0.0935. The molecule has 0 amide bonds. The van der Waals surface area contributed by atoms with Crippen molar-refractivity contribution in [1.82, 2.24) is 23.5 Å². The first-order valence-corrected chi connectivity index (χ1v) is 6.66. The monoisotopic (exact) mass is 279 g/mol. The van der Waals surface area contributed by atoms with E-state index in [-0.39, 0.29) is 5.56 Å². The second-order valence-corrected chi connectivity index (χ2v) is 4.99. The summed E-state index contributed by atoms with van der Waals surface area (Å²) in [4.78, 5) is 21.2. The van der Waals surface area contributed by atoms with Crippen LogP contribution in [0.15, 0.2) is 53.8 Å². The number of hydrogen-bond acceptors (Lipinski definition) is 3. The highest BCUT2D eigenvalue weighted by atomic mass is 16.1. The Morgan fingerprint density at radius 3 is 2.76 bits per heavy atom. The molecule has 0 spiro atoms. The van der Waals surface area contributed by atoms with E-state index in [2.05, 4.69) is 9.97 Å². The van der Waals surface area contributed by atoms with Gasteiger partial charge < -0.3 is 4.57 Å². The highest BCUT2D eigenvalue weighted by Gasteiger charge is 2.14. The predicted molar refractivity (Wildman–Crippen MR) is 79.3 cm³/mol. The Labute approximate surface area is 119 Å². The third-order valence-corrected chi connectivity index (χ3v) is 3.67. The lowest BCUT2D eigenvalue weighted by molar-refractivity contribution is 0.815. The van der Waals surface area contributed by atoms with E-state index in [1.165, 1.54) is 0 Å². The lowest BCUT2D eigenvalue weighted by Gasteiger charge is -2.06. The minimum Gasteiger partial charge on any atom is -0.320 e. The lowest BCUT2D eigenvalue weighted by atomic mass is 10.2. The fourth-order valence-electron chi connectivity index (χ4n) is 2.65. The lowest BCUT2D eigenvalue weighted by Crippen LogP contribution is -2.19. The van der Waals surface area contributed by atoms with Crippen molar-refractivity contribution in [2.24, 2.45) is 7.05 Å². The predicted octanol–water partition coefficient (Wildman–Crippen LogP) is 1.43. The van der Waals surface area contributed by atoms with Crippen LogP contribution in [0.25, 0.3) is 16.9 Å². The maximum absolute atomic E-state index is 12.6. The van der Waals surface area contributed by atoms with Crippen molar-refractivity contribution >= 4 is 16.9 Å². The molecule has 0 fully saturated rings. The van der Waals surface area contributed by atoms with E-state index < -0.39 is 0 Å². The van der Waals surface area contributed by atoms with Crippen LogP contribution >= 0.6 is 0 Å². The van der Waals surface area contributed by atoms with Gasteiger partial charge in [0.2, 0.25) is 5.78 Å². The van der Waals surface area contributed by atoms with Gasteiger partial charge in [-0.15, -0.1) is 0 Å². The highest BCUT2D eigenvalue weighted by molar-refractivity contribution is 5.73. The molecule has 0 N–H and O–H groups in total. The first kappa shape index (κ1) is 11.9. The minimum atomic E-state index is -0.0935. The van der Waals surface area contributed by atoms with Crippen LogP contribution in [0.3, 0.4) is 0 Å². The van der Waals surface area contributed by atoms with Crippen molar-refractivity contribution in [1.29, 1.82) is 0 Å². The van der Waals surface area contributed by atoms with Crippen LogP contribution in [0.5, 0.6) is 0 Å². The van der Waals surface area contributed by atoms with E-state index >= 15 is 0 Å². The number of aryl methyl sites for hydroxylation is 1. The molecule has 4 rings (SSSR count). The maximum atomic E-state index is 12.6. The van der Waals surface area contributed by atoms with Crippen LogP contribution in [-0.2, 0) is 13.6 Å². The number of benzene rings is 1. The molecule has 0 aliphatic heterocycles. The van der Waals surface area contributed by atoms with Crippen molar-refractivity contribution in [2.75, 3.05) is 0 Å². The molecule has 0 aliphatic carbocycles. The van der Waals surface area contributed by atoms with Gasteiger partial charge in [-0.3, -0.25) is 9.36 Å². The normalized spacial score (nSPS) is 11.5. The molecule has 6 nitrogen and oxygen atoms in total. The average Bonchev–Trinajstić information content (AvgIpc) is 3.13. The SMILES string of the molecule is Cn1c2ncn(Cc3ccccc3)c2c(=O)n2ccnc12. The van der Waals surface area contributed by atoms with Crippen LogP contribution in [0.1, 0.15) is 5.56 Å². The summed E-state index contributed by atoms with van der Waals surface area (Å²) in [5.41, 5.74) is 2.27. The molecule has 104 valence electrons. The molecule has 1 aromatic carbocycles. The Balaban J connectivity index is 1.99. The Kier molecular flexibility index (Phi) is 2.44. The summed E-state index contributed by atoms with van der Waals surface area (Å²) in [6.45, 7) is 0.618. The molecule has 0 unspecified atom stereocenters. The summed E-state index contributed by atoms with van der Waals surface area (Å²) in [7, 11) is 1.87. The van der Waals surface area contributed by atoms with Gasteiger partial charge >= 0.3 is 0 Å². The summed E-state index contributed by atoms with van der Waals surface area (Å²) in [6.07, 6.45) is 5.01. The standard InChI is InChI=1S/C15H13N5O/c1-18-13-12(14(21)20-8-7-16-15(18)20)19(10-17-13)9-11-5-3-2-4-6-11/h2-8,10H,9H2,1H3. The first-order chi connectivity index (χ1) is 10.3. The third-order valence-electron chi connectivity index (χ3n) is 3.67. The molecule has 3 aromatic heterocycles. The fourth-order valence-corrected chi connectivity index (χ4v) is 2.65. The smallest absolute Gasteiger partial charge is 0.285 e. The third kappa shape index (κ3) is 1.69. The fraction of sp³-hybridized carbons (Fsp3) is 0.133. The van der Waals surface area contributed by atoms with Gasteiger partial charge in [-0.1, -0.05) is 30.3 Å². The van der Waals surface area contributed by atoms with E-state index in [1.807, 2.05) is 46.5 Å². The summed E-state index contributed by atoms with van der Waals surface area (Å²) >= 11 is 0. The summed E-state index contributed by atoms with van der Waals surface area (Å²) in [5, 5.41) is 0. The molecule has 0 radical (unpaired) electrons. The van der Waals surface area contributed by atoms with Crippen LogP contribution in [-0.4, -0.2) is 23.5 Å². The second kappa shape index (κ2) is 4.31. The molecule has 0 aliphatic rings. The number of nitrogens with zero attached hydrogens (tertiary/aromatic N) is 5. The molecule has 0 bridgehead atoms. The number of imidazole rings is 2. The maximum Gasteiger partial charge on any atom is 0.285 e. The summed E-state index contributed by atoms with van der Waals surface area (Å²) in [6, 6.07) is 10.0. The molecule has 0 saturated carbocycles. The van der Waals surface area contributed by atoms with Crippen molar-refractivity contribution in [3.05, 3.63) is 65.0 Å². The van der Waals surface area contributed by atoms with E-state index in [4.69, 9.17) is 0 Å². The quantitative estimate of drug-likeness (QED) is 0.558. The zero-order valence-corrected chi connectivity index (χ0v) is 11.5. The average molecular weight is 279 g/mol. The van der Waals surface area contributed by atoms with E-state index in [0.29, 0.717) is 23.5 Å². The van der Waals surface area contributed by atoms with E-state index in [0.717, 1.165) is 5.56 Å². The van der Waals surface area contributed by atoms with Crippen LogP contribution < -0.4 is 5.56 Å². The number of aromatic nitrogens is 5. The van der Waals surface area contributed by atoms with Crippen molar-refractivity contribution in [2.45, 2.75) is 6.54 Å². The molecular weight excluding hydrogens is 266 g/mol. The zero-order valence-electron chi connectivity index (χ0n) is 11.5. The van der Waals surface area contributed by atoms with Gasteiger partial charge in [-0.25, -0.2) is 14.4 Å². The van der Waals surface area contributed by atoms with Crippen LogP contribution in [0, 0.1) is 0 Å². The summed E-state index contributed by atoms with van der Waals surface area (Å²) in [5.74, 6) is 0.595. The van der Waals surface area contributed by atoms with Crippen molar-refractivity contribution < 1.29 is 0 Å². The number of hydrogen-bond donors (Lipinski definition) is 0. The van der Waals surface area contributed by atoms with Gasteiger partial charge in [-0.05, 0) is 5.56 Å². The van der Waals surface area contributed by atoms with E-state index in [9.17, 15) is 4.79 Å². The van der Waals surface area contributed by atoms with Gasteiger partial charge in [-0.2, -0.15) is 0 Å². The second-order valence-electron chi connectivity index (χ2n) is 4.99. The van der Waals surface area contributed by atoms with Crippen LogP contribution in [0.2, 0.25) is 0 Å². The molecule has 4 aromatic rings. The Hall–Kier alpha value is -2.89. The molecule has 3 heterocycles. The van der Waals surface area contributed by atoms with Gasteiger partial charge in [0.15, 0.2) is 11.2 Å². The molecular formula is C15H13N5O. The molecule has 0 atom stereocenters. The molecule has 0 saturated heterocycles. The van der Waals surface area contributed by atoms with Gasteiger partial charge in [0.25, 0.3) is 5.56 Å². The summed E-state index contributed by atoms with van der Waals surface area (Å²) < 4.78 is 5.26. The molecule has 21 heavy (non-hydrogen) atoms. The van der Waals surface area contributed by atoms with E-state index in [1.54, 1.807) is 23.1 Å². The Bertz CT molecular complexity index is 993. The number of fused-ring (bicyclic) bond motifs is 2.